The van der Waals surface area contributed by atoms with Crippen LogP contribution in [0.1, 0.15) is 45.4 Å². The highest BCUT2D eigenvalue weighted by atomic mass is 127. The third-order valence-electron chi connectivity index (χ3n) is 5.32. The molecule has 0 aromatic rings. The van der Waals surface area contributed by atoms with Gasteiger partial charge < -0.3 is 15.4 Å². The zero-order valence-corrected chi connectivity index (χ0v) is 15.4. The highest BCUT2D eigenvalue weighted by Gasteiger charge is 2.59. The lowest BCUT2D eigenvalue weighted by Gasteiger charge is -2.61. The fraction of sp³-hybridized carbons (Fsp3) is 0.812. The summed E-state index contributed by atoms with van der Waals surface area (Å²) in [6.45, 7) is 2.93. The van der Waals surface area contributed by atoms with E-state index in [-0.39, 0.29) is 24.0 Å². The van der Waals surface area contributed by atoms with Crippen LogP contribution in [0.2, 0.25) is 0 Å². The molecule has 0 saturated heterocycles. The van der Waals surface area contributed by atoms with E-state index in [9.17, 15) is 0 Å². The molecule has 0 bridgehead atoms. The van der Waals surface area contributed by atoms with Crippen molar-refractivity contribution in [2.75, 3.05) is 13.7 Å². The molecule has 2 fully saturated rings. The number of hydrogen-bond donors (Lipinski definition) is 2. The molecule has 5 heteroatoms. The number of nitrogens with one attached hydrogen (secondary N) is 2. The Morgan fingerprint density at radius 1 is 1.29 bits per heavy atom. The monoisotopic (exact) mass is 405 g/mol. The summed E-state index contributed by atoms with van der Waals surface area (Å²) in [5.41, 5.74) is 0.390. The molecule has 2 saturated carbocycles. The van der Waals surface area contributed by atoms with E-state index in [1.807, 2.05) is 7.05 Å². The van der Waals surface area contributed by atoms with Crippen molar-refractivity contribution in [3.63, 3.8) is 0 Å². The van der Waals surface area contributed by atoms with Gasteiger partial charge in [0.15, 0.2) is 5.96 Å². The molecule has 3 aliphatic rings. The van der Waals surface area contributed by atoms with Gasteiger partial charge in [0, 0.05) is 31.2 Å². The molecule has 3 aliphatic carbocycles. The van der Waals surface area contributed by atoms with Gasteiger partial charge in [-0.05, 0) is 39.0 Å². The zero-order chi connectivity index (χ0) is 14.0. The molecule has 0 aromatic heterocycles. The van der Waals surface area contributed by atoms with Gasteiger partial charge in [-0.3, -0.25) is 4.99 Å². The molecule has 2 N–H and O–H groups in total. The second kappa shape index (κ2) is 7.31. The summed E-state index contributed by atoms with van der Waals surface area (Å²) in [6, 6.07) is 1.05. The van der Waals surface area contributed by atoms with Crippen LogP contribution in [0, 0.1) is 5.41 Å². The van der Waals surface area contributed by atoms with Crippen LogP contribution in [0.15, 0.2) is 17.1 Å². The van der Waals surface area contributed by atoms with Crippen LogP contribution >= 0.6 is 24.0 Å². The average molecular weight is 405 g/mol. The Morgan fingerprint density at radius 3 is 2.52 bits per heavy atom. The normalized spacial score (nSPS) is 30.5. The second-order valence-electron chi connectivity index (χ2n) is 6.32. The summed E-state index contributed by atoms with van der Waals surface area (Å²) in [4.78, 5) is 4.39. The van der Waals surface area contributed by atoms with E-state index in [4.69, 9.17) is 4.74 Å². The van der Waals surface area contributed by atoms with Crippen molar-refractivity contribution in [2.24, 2.45) is 10.4 Å². The smallest absolute Gasteiger partial charge is 0.191 e. The van der Waals surface area contributed by atoms with Gasteiger partial charge in [-0.2, -0.15) is 0 Å². The molecule has 0 radical (unpaired) electrons. The van der Waals surface area contributed by atoms with Crippen LogP contribution < -0.4 is 10.6 Å². The van der Waals surface area contributed by atoms with Gasteiger partial charge in [-0.15, -0.1) is 24.0 Å². The van der Waals surface area contributed by atoms with E-state index in [0.29, 0.717) is 23.6 Å². The molecule has 0 heterocycles. The summed E-state index contributed by atoms with van der Waals surface area (Å²) in [6.07, 6.45) is 12.2. The van der Waals surface area contributed by atoms with Crippen molar-refractivity contribution in [3.8, 4) is 0 Å². The Labute approximate surface area is 145 Å². The number of guanidine groups is 1. The van der Waals surface area contributed by atoms with Gasteiger partial charge in [-0.1, -0.05) is 18.6 Å². The maximum atomic E-state index is 5.90. The van der Waals surface area contributed by atoms with Crippen molar-refractivity contribution in [2.45, 2.75) is 63.6 Å². The third-order valence-corrected chi connectivity index (χ3v) is 5.32. The van der Waals surface area contributed by atoms with Gasteiger partial charge in [-0.25, -0.2) is 0 Å². The van der Waals surface area contributed by atoms with Gasteiger partial charge in [0.05, 0.1) is 6.10 Å². The van der Waals surface area contributed by atoms with E-state index >= 15 is 0 Å². The fourth-order valence-electron chi connectivity index (χ4n) is 3.90. The molecule has 0 amide bonds. The second-order valence-corrected chi connectivity index (χ2v) is 6.32. The van der Waals surface area contributed by atoms with Crippen LogP contribution in [-0.2, 0) is 4.74 Å². The van der Waals surface area contributed by atoms with Gasteiger partial charge in [0.2, 0.25) is 0 Å². The Bertz CT molecular complexity index is 398. The maximum absolute atomic E-state index is 5.90. The molecule has 0 aliphatic heterocycles. The first-order chi connectivity index (χ1) is 9.78. The van der Waals surface area contributed by atoms with Crippen LogP contribution in [0.3, 0.4) is 0 Å². The summed E-state index contributed by atoms with van der Waals surface area (Å²) < 4.78 is 5.90. The summed E-state index contributed by atoms with van der Waals surface area (Å²) in [5.74, 6) is 0.963. The van der Waals surface area contributed by atoms with Crippen molar-refractivity contribution in [1.29, 1.82) is 0 Å². The van der Waals surface area contributed by atoms with E-state index in [0.717, 1.165) is 31.8 Å². The summed E-state index contributed by atoms with van der Waals surface area (Å²) in [5, 5.41) is 7.18. The largest absolute Gasteiger partial charge is 0.378 e. The van der Waals surface area contributed by atoms with Crippen LogP contribution in [-0.4, -0.2) is 37.8 Å². The Kier molecular flexibility index (Phi) is 5.94. The first-order valence-corrected chi connectivity index (χ1v) is 8.05. The topological polar surface area (TPSA) is 45.6 Å². The fourth-order valence-corrected chi connectivity index (χ4v) is 3.90. The lowest BCUT2D eigenvalue weighted by atomic mass is 9.51. The zero-order valence-electron chi connectivity index (χ0n) is 13.1. The van der Waals surface area contributed by atoms with E-state index in [1.165, 1.54) is 19.3 Å². The Balaban J connectivity index is 0.00000161. The van der Waals surface area contributed by atoms with E-state index in [1.54, 1.807) is 0 Å². The number of nitrogens with zero attached hydrogens (tertiary/aromatic N) is 1. The Hall–Kier alpha value is -0.300. The van der Waals surface area contributed by atoms with Crippen LogP contribution in [0.25, 0.3) is 0 Å². The lowest BCUT2D eigenvalue weighted by Crippen LogP contribution is -2.68. The van der Waals surface area contributed by atoms with Gasteiger partial charge in [0.25, 0.3) is 0 Å². The predicted molar refractivity (Wildman–Crippen MR) is 97.3 cm³/mol. The molecule has 120 valence electrons. The van der Waals surface area contributed by atoms with Gasteiger partial charge >= 0.3 is 0 Å². The maximum Gasteiger partial charge on any atom is 0.191 e. The first-order valence-electron chi connectivity index (χ1n) is 8.05. The quantitative estimate of drug-likeness (QED) is 0.327. The average Bonchev–Trinajstić information content (AvgIpc) is 2.87. The number of halogens is 1. The number of rotatable bonds is 4. The van der Waals surface area contributed by atoms with Gasteiger partial charge in [0.1, 0.15) is 0 Å². The molecule has 21 heavy (non-hydrogen) atoms. The van der Waals surface area contributed by atoms with Crippen molar-refractivity contribution in [1.82, 2.24) is 10.6 Å². The lowest BCUT2D eigenvalue weighted by molar-refractivity contribution is -0.168. The molecule has 1 spiro atoms. The SMILES string of the molecule is CCOC1CC(NC(=NC)NC2CC=CC2)C12CCC2.I. The number of aliphatic imine (C=N–C) groups is 1. The minimum Gasteiger partial charge on any atom is -0.378 e. The minimum absolute atomic E-state index is 0. The molecule has 2 atom stereocenters. The van der Waals surface area contributed by atoms with Crippen molar-refractivity contribution in [3.05, 3.63) is 12.2 Å². The van der Waals surface area contributed by atoms with Crippen molar-refractivity contribution >= 4 is 29.9 Å². The van der Waals surface area contributed by atoms with Crippen molar-refractivity contribution < 1.29 is 4.74 Å². The Morgan fingerprint density at radius 2 is 2.00 bits per heavy atom. The molecule has 0 aromatic carbocycles. The molecule has 2 unspecified atom stereocenters. The summed E-state index contributed by atoms with van der Waals surface area (Å²) >= 11 is 0. The summed E-state index contributed by atoms with van der Waals surface area (Å²) in [7, 11) is 1.86. The minimum atomic E-state index is 0. The number of ether oxygens (including phenoxy) is 1. The van der Waals surface area contributed by atoms with E-state index in [2.05, 4.69) is 34.7 Å². The first kappa shape index (κ1) is 17.1. The predicted octanol–water partition coefficient (Wildman–Crippen LogP) is 2.84. The molecule has 4 nitrogen and oxygen atoms in total. The van der Waals surface area contributed by atoms with E-state index < -0.39 is 0 Å². The standard InChI is InChI=1S/C16H27N3O.HI/c1-3-20-14-11-13(16(14)9-6-10-16)19-15(17-2)18-12-7-4-5-8-12;/h4-5,12-14H,3,6-11H2,1-2H3,(H2,17,18,19);1H. The number of hydrogen-bond acceptors (Lipinski definition) is 2. The van der Waals surface area contributed by atoms with Crippen LogP contribution in [0.5, 0.6) is 0 Å². The molecular formula is C16H28IN3O. The molecular weight excluding hydrogens is 377 g/mol. The van der Waals surface area contributed by atoms with Crippen LogP contribution in [0.4, 0.5) is 0 Å². The molecule has 3 rings (SSSR count). The highest BCUT2D eigenvalue weighted by molar-refractivity contribution is 14.0. The third kappa shape index (κ3) is 3.23. The highest BCUT2D eigenvalue weighted by Crippen LogP contribution is 2.57.